The second-order valence-electron chi connectivity index (χ2n) is 4.46. The number of amides is 1. The quantitative estimate of drug-likeness (QED) is 0.676. The average Bonchev–Trinajstić information content (AvgIpc) is 2.53. The van der Waals surface area contributed by atoms with E-state index in [-0.39, 0.29) is 11.6 Å². The molecular formula is C16H14N2O3. The summed E-state index contributed by atoms with van der Waals surface area (Å²) in [6, 6.07) is 15.0. The Balaban J connectivity index is 1.96. The van der Waals surface area contributed by atoms with Crippen LogP contribution >= 0.6 is 0 Å². The van der Waals surface area contributed by atoms with Gasteiger partial charge in [-0.15, -0.1) is 0 Å². The topological polar surface area (TPSA) is 72.2 Å². The molecule has 0 atom stereocenters. The van der Waals surface area contributed by atoms with E-state index in [2.05, 4.69) is 11.9 Å². The largest absolute Gasteiger partial charge is 0.348 e. The fourth-order valence-electron chi connectivity index (χ4n) is 1.80. The van der Waals surface area contributed by atoms with Crippen LogP contribution < -0.4 is 5.32 Å². The Bertz CT molecular complexity index is 664. The standard InChI is InChI=1S/C16H14N2O3/c1-12(13-5-3-2-4-6-13)11-17-16(19)14-7-9-15(10-8-14)18(20)21/h2-10H,1,11H2,(H,17,19). The SMILES string of the molecule is C=C(CNC(=O)c1ccc([N+](=O)[O-])cc1)c1ccccc1. The van der Waals surface area contributed by atoms with Gasteiger partial charge in [-0.25, -0.2) is 0 Å². The monoisotopic (exact) mass is 282 g/mol. The van der Waals surface area contributed by atoms with Crippen LogP contribution in [0.4, 0.5) is 5.69 Å². The molecule has 0 bridgehead atoms. The van der Waals surface area contributed by atoms with Crippen molar-refractivity contribution in [2.75, 3.05) is 6.54 Å². The number of rotatable bonds is 5. The van der Waals surface area contributed by atoms with Crippen molar-refractivity contribution in [1.82, 2.24) is 5.32 Å². The minimum Gasteiger partial charge on any atom is -0.348 e. The molecule has 2 aromatic carbocycles. The molecule has 106 valence electrons. The van der Waals surface area contributed by atoms with Crippen LogP contribution in [-0.2, 0) is 0 Å². The van der Waals surface area contributed by atoms with Crippen molar-refractivity contribution in [3.8, 4) is 0 Å². The van der Waals surface area contributed by atoms with Gasteiger partial charge in [-0.05, 0) is 23.3 Å². The van der Waals surface area contributed by atoms with Crippen molar-refractivity contribution in [3.05, 3.63) is 82.4 Å². The summed E-state index contributed by atoms with van der Waals surface area (Å²) in [5, 5.41) is 13.3. The maximum Gasteiger partial charge on any atom is 0.269 e. The minimum atomic E-state index is -0.501. The molecule has 0 saturated carbocycles. The van der Waals surface area contributed by atoms with E-state index in [9.17, 15) is 14.9 Å². The Hall–Kier alpha value is -2.95. The van der Waals surface area contributed by atoms with Crippen LogP contribution in [0.15, 0.2) is 61.2 Å². The van der Waals surface area contributed by atoms with Gasteiger partial charge in [-0.2, -0.15) is 0 Å². The van der Waals surface area contributed by atoms with Gasteiger partial charge in [0.1, 0.15) is 0 Å². The first-order valence-electron chi connectivity index (χ1n) is 6.34. The molecule has 0 fully saturated rings. The maximum absolute atomic E-state index is 11.9. The lowest BCUT2D eigenvalue weighted by Crippen LogP contribution is -2.24. The first-order valence-corrected chi connectivity index (χ1v) is 6.34. The molecular weight excluding hydrogens is 268 g/mol. The Labute approximate surface area is 122 Å². The third kappa shape index (κ3) is 3.76. The first kappa shape index (κ1) is 14.5. The van der Waals surface area contributed by atoms with Gasteiger partial charge in [0, 0.05) is 24.2 Å². The molecule has 2 rings (SSSR count). The number of non-ortho nitro benzene ring substituents is 1. The summed E-state index contributed by atoms with van der Waals surface area (Å²) in [6.07, 6.45) is 0. The van der Waals surface area contributed by atoms with Crippen LogP contribution in [0.25, 0.3) is 5.57 Å². The highest BCUT2D eigenvalue weighted by molar-refractivity contribution is 5.95. The average molecular weight is 282 g/mol. The number of hydrogen-bond donors (Lipinski definition) is 1. The second-order valence-corrected chi connectivity index (χ2v) is 4.46. The third-order valence-electron chi connectivity index (χ3n) is 2.98. The van der Waals surface area contributed by atoms with E-state index in [1.807, 2.05) is 30.3 Å². The Morgan fingerprint density at radius 2 is 1.67 bits per heavy atom. The molecule has 0 radical (unpaired) electrons. The molecule has 0 saturated heterocycles. The van der Waals surface area contributed by atoms with Crippen molar-refractivity contribution in [3.63, 3.8) is 0 Å². The van der Waals surface area contributed by atoms with Crippen molar-refractivity contribution >= 4 is 17.2 Å². The summed E-state index contributed by atoms with van der Waals surface area (Å²) in [7, 11) is 0. The third-order valence-corrected chi connectivity index (χ3v) is 2.98. The lowest BCUT2D eigenvalue weighted by molar-refractivity contribution is -0.384. The van der Waals surface area contributed by atoms with Gasteiger partial charge >= 0.3 is 0 Å². The van der Waals surface area contributed by atoms with E-state index >= 15 is 0 Å². The molecule has 0 heterocycles. The summed E-state index contributed by atoms with van der Waals surface area (Å²) in [4.78, 5) is 22.0. The molecule has 5 heteroatoms. The predicted octanol–water partition coefficient (Wildman–Crippen LogP) is 3.04. The maximum atomic E-state index is 11.9. The second kappa shape index (κ2) is 6.47. The number of nitrogens with one attached hydrogen (secondary N) is 1. The fraction of sp³-hybridized carbons (Fsp3) is 0.0625. The Kier molecular flexibility index (Phi) is 4.46. The molecule has 0 spiro atoms. The van der Waals surface area contributed by atoms with Gasteiger partial charge < -0.3 is 5.32 Å². The summed E-state index contributed by atoms with van der Waals surface area (Å²) in [5.74, 6) is -0.290. The van der Waals surface area contributed by atoms with Crippen LogP contribution in [0.2, 0.25) is 0 Å². The van der Waals surface area contributed by atoms with Gasteiger partial charge in [0.2, 0.25) is 0 Å². The number of nitro groups is 1. The van der Waals surface area contributed by atoms with Crippen molar-refractivity contribution < 1.29 is 9.72 Å². The smallest absolute Gasteiger partial charge is 0.269 e. The molecule has 0 aliphatic heterocycles. The fourth-order valence-corrected chi connectivity index (χ4v) is 1.80. The molecule has 2 aromatic rings. The van der Waals surface area contributed by atoms with Crippen molar-refractivity contribution in [2.24, 2.45) is 0 Å². The zero-order chi connectivity index (χ0) is 15.2. The predicted molar refractivity (Wildman–Crippen MR) is 80.9 cm³/mol. The van der Waals surface area contributed by atoms with Crippen molar-refractivity contribution in [1.29, 1.82) is 0 Å². The van der Waals surface area contributed by atoms with E-state index in [0.717, 1.165) is 11.1 Å². The molecule has 0 unspecified atom stereocenters. The molecule has 0 aromatic heterocycles. The van der Waals surface area contributed by atoms with Crippen LogP contribution in [0.3, 0.4) is 0 Å². The van der Waals surface area contributed by atoms with Crippen LogP contribution in [0, 0.1) is 10.1 Å². The van der Waals surface area contributed by atoms with E-state index in [4.69, 9.17) is 0 Å². The summed E-state index contributed by atoms with van der Waals surface area (Å²) >= 11 is 0. The van der Waals surface area contributed by atoms with Gasteiger partial charge in [0.15, 0.2) is 0 Å². The molecule has 1 N–H and O–H groups in total. The number of nitro benzene ring substituents is 1. The molecule has 0 aliphatic rings. The highest BCUT2D eigenvalue weighted by Gasteiger charge is 2.09. The van der Waals surface area contributed by atoms with E-state index in [0.29, 0.717) is 12.1 Å². The highest BCUT2D eigenvalue weighted by Crippen LogP contribution is 2.13. The Morgan fingerprint density at radius 3 is 2.24 bits per heavy atom. The van der Waals surface area contributed by atoms with Gasteiger partial charge in [-0.3, -0.25) is 14.9 Å². The Morgan fingerprint density at radius 1 is 1.05 bits per heavy atom. The number of benzene rings is 2. The number of carbonyl (C=O) groups excluding carboxylic acids is 1. The first-order chi connectivity index (χ1) is 10.1. The van der Waals surface area contributed by atoms with E-state index < -0.39 is 4.92 Å². The molecule has 1 amide bonds. The van der Waals surface area contributed by atoms with Gasteiger partial charge in [0.05, 0.1) is 4.92 Å². The van der Waals surface area contributed by atoms with Crippen LogP contribution in [0.1, 0.15) is 15.9 Å². The number of hydrogen-bond acceptors (Lipinski definition) is 3. The summed E-state index contributed by atoms with van der Waals surface area (Å²) < 4.78 is 0. The number of nitrogens with zero attached hydrogens (tertiary/aromatic N) is 1. The van der Waals surface area contributed by atoms with Crippen molar-refractivity contribution in [2.45, 2.75) is 0 Å². The summed E-state index contributed by atoms with van der Waals surface area (Å²) in [6.45, 7) is 4.24. The highest BCUT2D eigenvalue weighted by atomic mass is 16.6. The van der Waals surface area contributed by atoms with Gasteiger partial charge in [0.25, 0.3) is 11.6 Å². The summed E-state index contributed by atoms with van der Waals surface area (Å²) in [5.41, 5.74) is 2.09. The van der Waals surface area contributed by atoms with Crippen LogP contribution in [-0.4, -0.2) is 17.4 Å². The van der Waals surface area contributed by atoms with E-state index in [1.54, 1.807) is 0 Å². The zero-order valence-corrected chi connectivity index (χ0v) is 11.3. The van der Waals surface area contributed by atoms with E-state index in [1.165, 1.54) is 24.3 Å². The molecule has 0 aliphatic carbocycles. The van der Waals surface area contributed by atoms with Gasteiger partial charge in [-0.1, -0.05) is 36.9 Å². The lowest BCUT2D eigenvalue weighted by Gasteiger charge is -2.08. The lowest BCUT2D eigenvalue weighted by atomic mass is 10.1. The zero-order valence-electron chi connectivity index (χ0n) is 11.3. The minimum absolute atomic E-state index is 0.0414. The molecule has 5 nitrogen and oxygen atoms in total. The normalized spacial score (nSPS) is 9.90. The van der Waals surface area contributed by atoms with Crippen LogP contribution in [0.5, 0.6) is 0 Å². The number of carbonyl (C=O) groups is 1. The molecule has 21 heavy (non-hydrogen) atoms.